The number of carbonyl (C=O) groups excluding carboxylic acids is 7. The van der Waals surface area contributed by atoms with Gasteiger partial charge in [0.25, 0.3) is 0 Å². The van der Waals surface area contributed by atoms with E-state index < -0.39 is 128 Å². The first-order valence-electron chi connectivity index (χ1n) is 22.1. The van der Waals surface area contributed by atoms with Crippen LogP contribution in [0.3, 0.4) is 0 Å². The molecule has 27 nitrogen and oxygen atoms in total. The molecule has 2 saturated heterocycles. The highest BCUT2D eigenvalue weighted by Crippen LogP contribution is 2.43. The van der Waals surface area contributed by atoms with Crippen molar-refractivity contribution in [2.24, 2.45) is 5.73 Å². The SMILES string of the molecule is NCCCC(=O)N(CCC(=O)NCC(=O)NCCCC(=O)Nc1ccn([C@@H]2O[C@H](CO)[C@@H](O)C2(F)F)c(=O)n1)CCC(=O)NCC(=O)NCCCC(=O)Nc1ccn([C@@H]2O[C@H](CO)[C@@H](O)C2(F)F)c(=O)n1. The fourth-order valence-electron chi connectivity index (χ4n) is 6.83. The highest BCUT2D eigenvalue weighted by atomic mass is 19.3. The van der Waals surface area contributed by atoms with Crippen LogP contribution >= 0.6 is 0 Å². The van der Waals surface area contributed by atoms with Gasteiger partial charge in [-0.1, -0.05) is 0 Å². The number of rotatable bonds is 27. The Morgan fingerprint density at radius 1 is 0.620 bits per heavy atom. The number of anilines is 2. The van der Waals surface area contributed by atoms with E-state index in [2.05, 4.69) is 41.9 Å². The normalized spacial score (nSPS) is 20.9. The van der Waals surface area contributed by atoms with E-state index in [1.54, 1.807) is 0 Å². The van der Waals surface area contributed by atoms with Crippen molar-refractivity contribution in [3.63, 3.8) is 0 Å². The average Bonchev–Trinajstić information content (AvgIpc) is 3.70. The van der Waals surface area contributed by atoms with E-state index in [1.807, 2.05) is 0 Å². The maximum atomic E-state index is 14.4. The Bertz CT molecular complexity index is 2180. The average molecular weight is 1020 g/mol. The van der Waals surface area contributed by atoms with E-state index in [-0.39, 0.29) is 89.3 Å². The lowest BCUT2D eigenvalue weighted by atomic mass is 10.1. The number of nitrogens with two attached hydrogens (primary N) is 1. The molecule has 6 atom stereocenters. The number of nitrogens with zero attached hydrogens (tertiary/aromatic N) is 5. The second-order valence-corrected chi connectivity index (χ2v) is 16.0. The first-order valence-corrected chi connectivity index (χ1v) is 22.1. The molecule has 0 aliphatic carbocycles. The number of alkyl halides is 4. The summed E-state index contributed by atoms with van der Waals surface area (Å²) in [5, 5.41) is 52.1. The number of nitrogens with one attached hydrogen (secondary N) is 6. The van der Waals surface area contributed by atoms with Gasteiger partial charge >= 0.3 is 23.2 Å². The number of halogens is 4. The van der Waals surface area contributed by atoms with Crippen LogP contribution in [0.25, 0.3) is 0 Å². The largest absolute Gasteiger partial charge is 0.394 e. The lowest BCUT2D eigenvalue weighted by Crippen LogP contribution is -2.41. The zero-order valence-electron chi connectivity index (χ0n) is 37.9. The van der Waals surface area contributed by atoms with Gasteiger partial charge in [-0.25, -0.2) is 9.59 Å². The van der Waals surface area contributed by atoms with Crippen molar-refractivity contribution in [2.45, 2.75) is 100 Å². The zero-order chi connectivity index (χ0) is 52.5. The second-order valence-electron chi connectivity index (χ2n) is 16.0. The number of aliphatic hydroxyl groups is 4. The molecule has 4 rings (SSSR count). The van der Waals surface area contributed by atoms with Crippen LogP contribution in [0.2, 0.25) is 0 Å². The highest BCUT2D eigenvalue weighted by molar-refractivity contribution is 5.90. The van der Waals surface area contributed by atoms with Gasteiger partial charge in [-0.15, -0.1) is 0 Å². The predicted molar refractivity (Wildman–Crippen MR) is 233 cm³/mol. The monoisotopic (exact) mass is 1020 g/mol. The maximum Gasteiger partial charge on any atom is 0.351 e. The third kappa shape index (κ3) is 16.3. The Kier molecular flexibility index (Phi) is 21.4. The molecule has 2 aliphatic heterocycles. The van der Waals surface area contributed by atoms with Gasteiger partial charge in [0.2, 0.25) is 53.8 Å². The summed E-state index contributed by atoms with van der Waals surface area (Å²) < 4.78 is 68.3. The molecular formula is C40H56F4N12O15. The molecular weight excluding hydrogens is 965 g/mol. The van der Waals surface area contributed by atoms with E-state index in [1.165, 1.54) is 4.90 Å². The van der Waals surface area contributed by atoms with Gasteiger partial charge in [-0.05, 0) is 37.9 Å². The van der Waals surface area contributed by atoms with Crippen LogP contribution in [0.5, 0.6) is 0 Å². The maximum absolute atomic E-state index is 14.4. The molecule has 0 aromatic carbocycles. The molecule has 4 heterocycles. The molecule has 12 N–H and O–H groups in total. The number of ether oxygens (including phenoxy) is 2. The Morgan fingerprint density at radius 3 is 1.38 bits per heavy atom. The molecule has 7 amide bonds. The molecule has 2 aliphatic rings. The summed E-state index contributed by atoms with van der Waals surface area (Å²) >= 11 is 0. The van der Waals surface area contributed by atoms with Gasteiger partial charge in [0.15, 0.2) is 12.2 Å². The third-order valence-electron chi connectivity index (χ3n) is 10.7. The Balaban J connectivity index is 1.08. The molecule has 0 saturated carbocycles. The molecule has 0 bridgehead atoms. The molecule has 394 valence electrons. The fraction of sp³-hybridized carbons (Fsp3) is 0.625. The number of hydrogen-bond donors (Lipinski definition) is 11. The standard InChI is InChI=1S/C40H56F4N12O15/c41-39(42)33(66)22(20-57)70-35(39)55-16-7-24(52-37(55)68)50-28(61)4-2-12-46-30(63)18-48-26(59)9-14-54(32(65)6-1-11-45)15-10-27(60)49-19-31(64)47-13-3-5-29(62)51-25-8-17-56(38(69)53-25)36-40(43,44)34(67)23(21-58)71-36/h7-8,16-17,22-23,33-36,57-58,66-67H,1-6,9-15,18-21,45H2,(H,46,63)(H,47,64)(H,48,59)(H,49,60)(H,50,52,61,68)(H,51,53,62,69)/t22-,23-,33-,34-,35-,36-/m1/s1. The summed E-state index contributed by atoms with van der Waals surface area (Å²) in [7, 11) is 0. The van der Waals surface area contributed by atoms with Crippen LogP contribution in [0, 0.1) is 0 Å². The van der Waals surface area contributed by atoms with Crippen molar-refractivity contribution in [2.75, 3.05) is 69.7 Å². The molecule has 2 aromatic rings. The van der Waals surface area contributed by atoms with Crippen LogP contribution in [0.15, 0.2) is 34.1 Å². The van der Waals surface area contributed by atoms with Gasteiger partial charge in [0.05, 0.1) is 26.3 Å². The molecule has 31 heteroatoms. The molecule has 2 fully saturated rings. The van der Waals surface area contributed by atoms with Crippen LogP contribution in [0.4, 0.5) is 29.2 Å². The number of carbonyl (C=O) groups is 7. The summed E-state index contributed by atoms with van der Waals surface area (Å²) in [6.07, 6.45) is -11.0. The van der Waals surface area contributed by atoms with Gasteiger partial charge in [-0.3, -0.25) is 42.7 Å². The predicted octanol–water partition coefficient (Wildman–Crippen LogP) is -4.48. The summed E-state index contributed by atoms with van der Waals surface area (Å²) in [5.74, 6) is -12.5. The minimum absolute atomic E-state index is 0.0103. The van der Waals surface area contributed by atoms with Gasteiger partial charge in [0.1, 0.15) is 23.8 Å². The lowest BCUT2D eigenvalue weighted by Gasteiger charge is -2.22. The van der Waals surface area contributed by atoms with E-state index in [0.29, 0.717) is 15.6 Å². The topological polar surface area (TPSA) is 390 Å². The quantitative estimate of drug-likeness (QED) is 0.0297. The third-order valence-corrected chi connectivity index (χ3v) is 10.7. The van der Waals surface area contributed by atoms with E-state index >= 15 is 0 Å². The summed E-state index contributed by atoms with van der Waals surface area (Å²) in [5.41, 5.74) is 3.05. The Morgan fingerprint density at radius 2 is 1.03 bits per heavy atom. The second kappa shape index (κ2) is 26.6. The fourth-order valence-corrected chi connectivity index (χ4v) is 6.83. The molecule has 0 unspecified atom stereocenters. The molecule has 2 aromatic heterocycles. The number of amides is 7. The van der Waals surface area contributed by atoms with Crippen molar-refractivity contribution in [3.8, 4) is 0 Å². The van der Waals surface area contributed by atoms with Crippen LogP contribution in [0.1, 0.15) is 63.8 Å². The number of aromatic nitrogens is 4. The molecule has 0 spiro atoms. The lowest BCUT2D eigenvalue weighted by molar-refractivity contribution is -0.141. The first-order chi connectivity index (χ1) is 33.6. The van der Waals surface area contributed by atoms with Gasteiger partial charge in [0, 0.05) is 70.7 Å². The number of aliphatic hydroxyl groups excluding tert-OH is 4. The van der Waals surface area contributed by atoms with Crippen molar-refractivity contribution in [1.29, 1.82) is 0 Å². The number of hydrogen-bond acceptors (Lipinski definition) is 18. The first kappa shape index (κ1) is 57.1. The minimum atomic E-state index is -3.92. The summed E-state index contributed by atoms with van der Waals surface area (Å²) in [4.78, 5) is 120. The van der Waals surface area contributed by atoms with Crippen molar-refractivity contribution in [1.82, 2.24) is 45.3 Å². The van der Waals surface area contributed by atoms with Crippen LogP contribution < -0.4 is 49.0 Å². The van der Waals surface area contributed by atoms with E-state index in [0.717, 1.165) is 24.5 Å². The van der Waals surface area contributed by atoms with Crippen molar-refractivity contribution < 1.29 is 81.0 Å². The summed E-state index contributed by atoms with van der Waals surface area (Å²) in [6, 6.07) is 2.10. The Hall–Kier alpha value is -6.51. The van der Waals surface area contributed by atoms with Gasteiger partial charge < -0.3 is 72.4 Å². The Labute approximate surface area is 399 Å². The highest BCUT2D eigenvalue weighted by Gasteiger charge is 2.60. The van der Waals surface area contributed by atoms with Gasteiger partial charge in [-0.2, -0.15) is 27.5 Å². The van der Waals surface area contributed by atoms with E-state index in [4.69, 9.17) is 25.4 Å². The zero-order valence-corrected chi connectivity index (χ0v) is 37.9. The van der Waals surface area contributed by atoms with Crippen molar-refractivity contribution in [3.05, 3.63) is 45.5 Å². The minimum Gasteiger partial charge on any atom is -0.394 e. The smallest absolute Gasteiger partial charge is 0.351 e. The molecule has 71 heavy (non-hydrogen) atoms. The molecule has 0 radical (unpaired) electrons. The van der Waals surface area contributed by atoms with Crippen LogP contribution in [-0.2, 0) is 43.0 Å². The van der Waals surface area contributed by atoms with Crippen molar-refractivity contribution >= 4 is 53.0 Å². The van der Waals surface area contributed by atoms with E-state index in [9.17, 15) is 70.9 Å². The summed E-state index contributed by atoms with van der Waals surface area (Å²) in [6.45, 7) is -2.84. The van der Waals surface area contributed by atoms with Crippen LogP contribution in [-0.4, -0.2) is 181 Å².